The van der Waals surface area contributed by atoms with Crippen LogP contribution >= 0.6 is 11.3 Å². The molecule has 0 saturated carbocycles. The summed E-state index contributed by atoms with van der Waals surface area (Å²) in [5, 5.41) is 0.708. The molecule has 0 saturated heterocycles. The first-order valence-electron chi connectivity index (χ1n) is 8.21. The van der Waals surface area contributed by atoms with Gasteiger partial charge < -0.3 is 4.74 Å². The lowest BCUT2D eigenvalue weighted by Gasteiger charge is -2.08. The van der Waals surface area contributed by atoms with E-state index in [4.69, 9.17) is 4.74 Å². The third kappa shape index (κ3) is 3.21. The summed E-state index contributed by atoms with van der Waals surface area (Å²) < 4.78 is 6.65. The van der Waals surface area contributed by atoms with Crippen molar-refractivity contribution < 1.29 is 9.53 Å². The Morgan fingerprint density at radius 1 is 1.00 bits per heavy atom. The molecule has 2 aromatic carbocycles. The first-order chi connectivity index (χ1) is 12.6. The van der Waals surface area contributed by atoms with E-state index in [-0.39, 0.29) is 0 Å². The number of fused-ring (bicyclic) bond motifs is 1. The fraction of sp³-hybridized carbons (Fsp3) is 0.0952. The lowest BCUT2D eigenvalue weighted by molar-refractivity contribution is 0.0735. The Hall–Kier alpha value is -3.05. The van der Waals surface area contributed by atoms with E-state index in [1.54, 1.807) is 18.3 Å². The van der Waals surface area contributed by atoms with Crippen molar-refractivity contribution in [2.75, 3.05) is 0 Å². The summed E-state index contributed by atoms with van der Waals surface area (Å²) in [4.78, 5) is 21.8. The molecule has 26 heavy (non-hydrogen) atoms. The number of benzene rings is 2. The van der Waals surface area contributed by atoms with Crippen molar-refractivity contribution in [3.63, 3.8) is 0 Å². The highest BCUT2D eigenvalue weighted by molar-refractivity contribution is 7.21. The lowest BCUT2D eigenvalue weighted by Crippen LogP contribution is -2.11. The Morgan fingerprint density at radius 2 is 1.77 bits per heavy atom. The van der Waals surface area contributed by atoms with Crippen LogP contribution in [0.3, 0.4) is 0 Å². The number of para-hydroxylation sites is 1. The van der Waals surface area contributed by atoms with Crippen LogP contribution in [0.1, 0.15) is 21.5 Å². The molecule has 0 spiro atoms. The molecule has 4 nitrogen and oxygen atoms in total. The predicted molar refractivity (Wildman–Crippen MR) is 104 cm³/mol. The molecule has 4 rings (SSSR count). The highest BCUT2D eigenvalue weighted by atomic mass is 32.1. The summed E-state index contributed by atoms with van der Waals surface area (Å²) in [6.07, 6.45) is 1.66. The molecule has 4 aromatic rings. The second-order valence-electron chi connectivity index (χ2n) is 6.10. The van der Waals surface area contributed by atoms with Crippen LogP contribution in [0.15, 0.2) is 60.8 Å². The number of aromatic nitrogens is 2. The van der Waals surface area contributed by atoms with E-state index in [0.717, 1.165) is 21.3 Å². The van der Waals surface area contributed by atoms with Gasteiger partial charge in [-0.3, -0.25) is 4.98 Å². The largest absolute Gasteiger partial charge is 0.423 e. The average Bonchev–Trinajstić information content (AvgIpc) is 3.05. The van der Waals surface area contributed by atoms with Crippen molar-refractivity contribution in [1.82, 2.24) is 9.97 Å². The summed E-state index contributed by atoms with van der Waals surface area (Å²) in [6.45, 7) is 3.95. The molecular formula is C21H16N2O2S. The number of thiazole rings is 1. The van der Waals surface area contributed by atoms with Crippen molar-refractivity contribution in [2.24, 2.45) is 0 Å². The molecule has 0 N–H and O–H groups in total. The maximum absolute atomic E-state index is 12.8. The fourth-order valence-corrected chi connectivity index (χ4v) is 3.84. The van der Waals surface area contributed by atoms with E-state index < -0.39 is 5.97 Å². The normalized spacial score (nSPS) is 10.8. The number of aryl methyl sites for hydroxylation is 2. The first-order valence-corrected chi connectivity index (χ1v) is 9.03. The zero-order valence-corrected chi connectivity index (χ0v) is 15.2. The molecule has 2 aromatic heterocycles. The van der Waals surface area contributed by atoms with E-state index in [1.807, 2.05) is 56.3 Å². The van der Waals surface area contributed by atoms with Gasteiger partial charge in [0.05, 0.1) is 15.8 Å². The Morgan fingerprint density at radius 3 is 2.54 bits per heavy atom. The minimum absolute atomic E-state index is 0.408. The molecule has 0 unspecified atom stereocenters. The second kappa shape index (κ2) is 6.69. The lowest BCUT2D eigenvalue weighted by atomic mass is 10.1. The fourth-order valence-electron chi connectivity index (χ4n) is 2.87. The van der Waals surface area contributed by atoms with Gasteiger partial charge in [-0.1, -0.05) is 18.2 Å². The van der Waals surface area contributed by atoms with Crippen LogP contribution < -0.4 is 4.74 Å². The summed E-state index contributed by atoms with van der Waals surface area (Å²) in [7, 11) is 0. The molecule has 0 aliphatic rings. The van der Waals surface area contributed by atoms with E-state index >= 15 is 0 Å². The molecule has 0 aliphatic carbocycles. The highest BCUT2D eigenvalue weighted by Crippen LogP contribution is 2.31. The number of carbonyl (C=O) groups is 1. The van der Waals surface area contributed by atoms with Gasteiger partial charge in [0, 0.05) is 6.20 Å². The van der Waals surface area contributed by atoms with Gasteiger partial charge in [-0.25, -0.2) is 9.78 Å². The highest BCUT2D eigenvalue weighted by Gasteiger charge is 2.19. The van der Waals surface area contributed by atoms with Crippen LogP contribution in [0, 0.1) is 13.8 Å². The van der Waals surface area contributed by atoms with Crippen molar-refractivity contribution in [2.45, 2.75) is 13.8 Å². The maximum atomic E-state index is 12.8. The molecular weight excluding hydrogens is 344 g/mol. The van der Waals surface area contributed by atoms with Gasteiger partial charge in [0.2, 0.25) is 0 Å². The number of hydrogen-bond donors (Lipinski definition) is 0. The number of hydrogen-bond acceptors (Lipinski definition) is 5. The molecule has 0 amide bonds. The van der Waals surface area contributed by atoms with E-state index in [0.29, 0.717) is 22.0 Å². The summed E-state index contributed by atoms with van der Waals surface area (Å²) in [6, 6.07) is 17.1. The van der Waals surface area contributed by atoms with Crippen LogP contribution in [0.4, 0.5) is 0 Å². The van der Waals surface area contributed by atoms with Crippen molar-refractivity contribution >= 4 is 27.5 Å². The predicted octanol–water partition coefficient (Wildman–Crippen LogP) is 5.19. The Kier molecular flexibility index (Phi) is 4.22. The smallest absolute Gasteiger partial charge is 0.345 e. The van der Waals surface area contributed by atoms with Gasteiger partial charge in [-0.15, -0.1) is 11.3 Å². The molecule has 0 fully saturated rings. The van der Waals surface area contributed by atoms with E-state index in [9.17, 15) is 4.79 Å². The average molecular weight is 360 g/mol. The Balaban J connectivity index is 1.72. The molecule has 0 atom stereocenters. The summed E-state index contributed by atoms with van der Waals surface area (Å²) in [5.41, 5.74) is 3.94. The van der Waals surface area contributed by atoms with Crippen molar-refractivity contribution in [3.05, 3.63) is 77.5 Å². The van der Waals surface area contributed by atoms with Crippen LogP contribution in [0.5, 0.6) is 5.75 Å². The number of esters is 1. The molecule has 128 valence electrons. The molecule has 0 radical (unpaired) electrons. The molecule has 5 heteroatoms. The molecule has 0 bridgehead atoms. The third-order valence-corrected chi connectivity index (χ3v) is 4.97. The topological polar surface area (TPSA) is 52.1 Å². The van der Waals surface area contributed by atoms with Crippen LogP contribution in [-0.2, 0) is 0 Å². The van der Waals surface area contributed by atoms with Crippen LogP contribution in [-0.4, -0.2) is 15.9 Å². The standard InChI is InChI=1S/C21H16N2O2S/c1-13-10-14(2)12-15(11-13)25-21(24)16-6-5-9-22-19(16)20-23-17-7-3-4-8-18(17)26-20/h3-12H,1-2H3. The minimum Gasteiger partial charge on any atom is -0.423 e. The third-order valence-electron chi connectivity index (χ3n) is 3.93. The number of rotatable bonds is 3. The first kappa shape index (κ1) is 16.4. The van der Waals surface area contributed by atoms with E-state index in [1.165, 1.54) is 11.3 Å². The molecule has 0 aliphatic heterocycles. The van der Waals surface area contributed by atoms with Crippen LogP contribution in [0.2, 0.25) is 0 Å². The number of pyridine rings is 1. The second-order valence-corrected chi connectivity index (χ2v) is 7.13. The minimum atomic E-state index is -0.433. The van der Waals surface area contributed by atoms with Gasteiger partial charge in [0.25, 0.3) is 0 Å². The number of nitrogens with zero attached hydrogens (tertiary/aromatic N) is 2. The summed E-state index contributed by atoms with van der Waals surface area (Å²) >= 11 is 1.51. The Labute approximate surface area is 155 Å². The van der Waals surface area contributed by atoms with Crippen molar-refractivity contribution in [3.8, 4) is 16.5 Å². The number of carbonyl (C=O) groups excluding carboxylic acids is 1. The van der Waals surface area contributed by atoms with Gasteiger partial charge in [-0.05, 0) is 61.4 Å². The van der Waals surface area contributed by atoms with Crippen LogP contribution in [0.25, 0.3) is 20.9 Å². The SMILES string of the molecule is Cc1cc(C)cc(OC(=O)c2cccnc2-c2nc3ccccc3s2)c1. The zero-order valence-electron chi connectivity index (χ0n) is 14.4. The van der Waals surface area contributed by atoms with Gasteiger partial charge in [0.1, 0.15) is 16.5 Å². The molecule has 2 heterocycles. The maximum Gasteiger partial charge on any atom is 0.345 e. The van der Waals surface area contributed by atoms with Gasteiger partial charge in [-0.2, -0.15) is 0 Å². The monoisotopic (exact) mass is 360 g/mol. The Bertz CT molecular complexity index is 1060. The quantitative estimate of drug-likeness (QED) is 0.372. The summed E-state index contributed by atoms with van der Waals surface area (Å²) in [5.74, 6) is 0.101. The van der Waals surface area contributed by atoms with Gasteiger partial charge in [0.15, 0.2) is 0 Å². The van der Waals surface area contributed by atoms with Crippen molar-refractivity contribution in [1.29, 1.82) is 0 Å². The number of ether oxygens (including phenoxy) is 1. The van der Waals surface area contributed by atoms with Gasteiger partial charge >= 0.3 is 5.97 Å². The zero-order chi connectivity index (χ0) is 18.1. The van der Waals surface area contributed by atoms with E-state index in [2.05, 4.69) is 9.97 Å².